The number of likely N-dealkylation sites (tertiary alicyclic amines) is 1. The van der Waals surface area contributed by atoms with Gasteiger partial charge in [0, 0.05) is 37.8 Å². The average Bonchev–Trinajstić information content (AvgIpc) is 3.21. The molecule has 1 fully saturated rings. The Balaban J connectivity index is 1.46. The van der Waals surface area contributed by atoms with E-state index in [-0.39, 0.29) is 17.7 Å². The van der Waals surface area contributed by atoms with Crippen LogP contribution in [0.4, 0.5) is 0 Å². The number of furan rings is 1. The molecule has 0 unspecified atom stereocenters. The molecular weight excluding hydrogens is 334 g/mol. The zero-order valence-corrected chi connectivity index (χ0v) is 14.8. The number of hydrogen-bond donors (Lipinski definition) is 1. The summed E-state index contributed by atoms with van der Waals surface area (Å²) in [7, 11) is 0. The minimum Gasteiger partial charge on any atom is -0.478 e. The first-order chi connectivity index (χ1) is 12.7. The maximum absolute atomic E-state index is 12.4. The van der Waals surface area contributed by atoms with Crippen molar-refractivity contribution in [3.05, 3.63) is 48.0 Å². The lowest BCUT2D eigenvalue weighted by Crippen LogP contribution is -2.42. The van der Waals surface area contributed by atoms with Crippen LogP contribution in [-0.4, -0.2) is 41.4 Å². The summed E-state index contributed by atoms with van der Waals surface area (Å²) < 4.78 is 10.3. The van der Waals surface area contributed by atoms with E-state index in [2.05, 4.69) is 10.3 Å². The molecule has 0 radical (unpaired) electrons. The van der Waals surface area contributed by atoms with Crippen LogP contribution in [-0.2, 0) is 11.3 Å². The Morgan fingerprint density at radius 2 is 2.15 bits per heavy atom. The number of rotatable bonds is 6. The van der Waals surface area contributed by atoms with Gasteiger partial charge in [0.25, 0.3) is 5.91 Å². The molecule has 2 aromatic heterocycles. The molecule has 7 heteroatoms. The van der Waals surface area contributed by atoms with Crippen molar-refractivity contribution in [3.63, 3.8) is 0 Å². The van der Waals surface area contributed by atoms with Crippen LogP contribution >= 0.6 is 0 Å². The number of pyridine rings is 1. The van der Waals surface area contributed by atoms with Gasteiger partial charge < -0.3 is 19.4 Å². The van der Waals surface area contributed by atoms with E-state index < -0.39 is 0 Å². The number of carbonyl (C=O) groups excluding carboxylic acids is 2. The molecule has 1 N–H and O–H groups in total. The monoisotopic (exact) mass is 357 g/mol. The summed E-state index contributed by atoms with van der Waals surface area (Å²) in [6.07, 6.45) is 5.94. The van der Waals surface area contributed by atoms with Crippen molar-refractivity contribution < 1.29 is 18.7 Å². The summed E-state index contributed by atoms with van der Waals surface area (Å²) in [6.45, 7) is 4.05. The molecule has 0 atom stereocenters. The fourth-order valence-corrected chi connectivity index (χ4v) is 3.03. The number of amides is 2. The molecule has 3 rings (SSSR count). The molecule has 1 aliphatic rings. The maximum atomic E-state index is 12.4. The summed E-state index contributed by atoms with van der Waals surface area (Å²) >= 11 is 0. The molecule has 2 aromatic rings. The Hall–Kier alpha value is -2.83. The summed E-state index contributed by atoms with van der Waals surface area (Å²) in [6, 6.07) is 5.34. The molecule has 138 valence electrons. The number of aromatic nitrogens is 1. The first kappa shape index (κ1) is 18.0. The fourth-order valence-electron chi connectivity index (χ4n) is 3.03. The van der Waals surface area contributed by atoms with Gasteiger partial charge in [-0.1, -0.05) is 0 Å². The molecule has 1 aliphatic heterocycles. The van der Waals surface area contributed by atoms with Crippen LogP contribution in [0.2, 0.25) is 0 Å². The second-order valence-corrected chi connectivity index (χ2v) is 6.23. The van der Waals surface area contributed by atoms with Crippen molar-refractivity contribution in [1.82, 2.24) is 15.2 Å². The topological polar surface area (TPSA) is 84.7 Å². The van der Waals surface area contributed by atoms with E-state index in [1.807, 2.05) is 19.1 Å². The highest BCUT2D eigenvalue weighted by Crippen LogP contribution is 2.20. The lowest BCUT2D eigenvalue weighted by Gasteiger charge is -2.31. The average molecular weight is 357 g/mol. The lowest BCUT2D eigenvalue weighted by molar-refractivity contribution is -0.126. The Bertz CT molecular complexity index is 737. The van der Waals surface area contributed by atoms with Crippen LogP contribution in [0.1, 0.15) is 35.7 Å². The van der Waals surface area contributed by atoms with Crippen molar-refractivity contribution in [1.29, 1.82) is 0 Å². The maximum Gasteiger partial charge on any atom is 0.257 e. The molecule has 1 saturated heterocycles. The van der Waals surface area contributed by atoms with E-state index in [1.165, 1.54) is 12.5 Å². The van der Waals surface area contributed by atoms with E-state index in [0.717, 1.165) is 5.56 Å². The van der Waals surface area contributed by atoms with Gasteiger partial charge in [0.1, 0.15) is 6.26 Å². The number of carbonyl (C=O) groups is 2. The number of ether oxygens (including phenoxy) is 1. The zero-order valence-electron chi connectivity index (χ0n) is 14.8. The Morgan fingerprint density at radius 1 is 1.35 bits per heavy atom. The fraction of sp³-hybridized carbons (Fsp3) is 0.421. The minimum absolute atomic E-state index is 0.0233. The number of hydrogen-bond acceptors (Lipinski definition) is 5. The van der Waals surface area contributed by atoms with Crippen molar-refractivity contribution in [2.75, 3.05) is 19.7 Å². The predicted molar refractivity (Wildman–Crippen MR) is 94.6 cm³/mol. The van der Waals surface area contributed by atoms with Gasteiger partial charge in [-0.05, 0) is 37.5 Å². The van der Waals surface area contributed by atoms with Crippen molar-refractivity contribution in [2.45, 2.75) is 26.3 Å². The van der Waals surface area contributed by atoms with E-state index >= 15 is 0 Å². The van der Waals surface area contributed by atoms with Gasteiger partial charge in [-0.2, -0.15) is 0 Å². The van der Waals surface area contributed by atoms with Crippen molar-refractivity contribution in [2.24, 2.45) is 5.92 Å². The number of piperidine rings is 1. The summed E-state index contributed by atoms with van der Waals surface area (Å²) in [5, 5.41) is 2.97. The summed E-state index contributed by atoms with van der Waals surface area (Å²) in [5.41, 5.74) is 1.50. The molecule has 26 heavy (non-hydrogen) atoms. The van der Waals surface area contributed by atoms with E-state index in [9.17, 15) is 9.59 Å². The van der Waals surface area contributed by atoms with Crippen LogP contribution in [0.25, 0.3) is 0 Å². The van der Waals surface area contributed by atoms with Gasteiger partial charge in [0.2, 0.25) is 11.8 Å². The molecule has 3 heterocycles. The highest BCUT2D eigenvalue weighted by atomic mass is 16.5. The molecule has 2 amide bonds. The molecular formula is C19H23N3O4. The third-order valence-corrected chi connectivity index (χ3v) is 4.48. The predicted octanol–water partition coefficient (Wildman–Crippen LogP) is 2.24. The van der Waals surface area contributed by atoms with Crippen LogP contribution in [0.3, 0.4) is 0 Å². The van der Waals surface area contributed by atoms with E-state index in [1.54, 1.807) is 17.2 Å². The molecule has 0 aliphatic carbocycles. The van der Waals surface area contributed by atoms with Gasteiger partial charge in [-0.25, -0.2) is 4.98 Å². The lowest BCUT2D eigenvalue weighted by atomic mass is 9.95. The second-order valence-electron chi connectivity index (χ2n) is 6.23. The van der Waals surface area contributed by atoms with E-state index in [4.69, 9.17) is 9.15 Å². The largest absolute Gasteiger partial charge is 0.478 e. The minimum atomic E-state index is -0.0726. The third-order valence-electron chi connectivity index (χ3n) is 4.48. The SMILES string of the molecule is CCOc1cc(CNC(=O)C2CCN(C(=O)c3ccoc3)CC2)ccn1. The van der Waals surface area contributed by atoms with Gasteiger partial charge >= 0.3 is 0 Å². The Morgan fingerprint density at radius 3 is 2.85 bits per heavy atom. The molecule has 0 aromatic carbocycles. The summed E-state index contributed by atoms with van der Waals surface area (Å²) in [5.74, 6) is 0.468. The van der Waals surface area contributed by atoms with Gasteiger partial charge in [-0.3, -0.25) is 9.59 Å². The van der Waals surface area contributed by atoms with Crippen LogP contribution in [0.15, 0.2) is 41.3 Å². The van der Waals surface area contributed by atoms with E-state index in [0.29, 0.717) is 50.5 Å². The van der Waals surface area contributed by atoms with Crippen LogP contribution in [0, 0.1) is 5.92 Å². The normalized spacial score (nSPS) is 14.9. The Kier molecular flexibility index (Phi) is 5.88. The van der Waals surface area contributed by atoms with Crippen molar-refractivity contribution in [3.8, 4) is 5.88 Å². The van der Waals surface area contributed by atoms with Crippen LogP contribution in [0.5, 0.6) is 5.88 Å². The zero-order chi connectivity index (χ0) is 18.4. The van der Waals surface area contributed by atoms with Crippen LogP contribution < -0.4 is 10.1 Å². The highest BCUT2D eigenvalue weighted by Gasteiger charge is 2.28. The number of nitrogens with one attached hydrogen (secondary N) is 1. The van der Waals surface area contributed by atoms with Gasteiger partial charge in [0.15, 0.2) is 0 Å². The smallest absolute Gasteiger partial charge is 0.257 e. The number of nitrogens with zero attached hydrogens (tertiary/aromatic N) is 2. The van der Waals surface area contributed by atoms with Crippen molar-refractivity contribution >= 4 is 11.8 Å². The first-order valence-electron chi connectivity index (χ1n) is 8.84. The first-order valence-corrected chi connectivity index (χ1v) is 8.84. The van der Waals surface area contributed by atoms with Gasteiger partial charge in [-0.15, -0.1) is 0 Å². The quantitative estimate of drug-likeness (QED) is 0.857. The van der Waals surface area contributed by atoms with Gasteiger partial charge in [0.05, 0.1) is 18.4 Å². The molecule has 0 saturated carbocycles. The highest BCUT2D eigenvalue weighted by molar-refractivity contribution is 5.94. The molecule has 0 bridgehead atoms. The standard InChI is InChI=1S/C19H23N3O4/c1-2-26-17-11-14(3-7-20-17)12-21-18(23)15-4-8-22(9-5-15)19(24)16-6-10-25-13-16/h3,6-7,10-11,13,15H,2,4-5,8-9,12H2,1H3,(H,21,23). The third kappa shape index (κ3) is 4.41. The molecule has 7 nitrogen and oxygen atoms in total. The molecule has 0 spiro atoms. The second kappa shape index (κ2) is 8.51. The summed E-state index contributed by atoms with van der Waals surface area (Å²) in [4.78, 5) is 30.6. The Labute approximate surface area is 152 Å².